The number of carbonyl (C=O) groups is 1. The molecule has 130 valence electrons. The molecule has 0 aliphatic carbocycles. The van der Waals surface area contributed by atoms with Crippen LogP contribution in [0.25, 0.3) is 0 Å². The first-order valence-electron chi connectivity index (χ1n) is 7.91. The second-order valence-electron chi connectivity index (χ2n) is 5.53. The molecule has 1 aromatic carbocycles. The first-order chi connectivity index (χ1) is 12.1. The number of aryl methyl sites for hydroxylation is 2. The zero-order chi connectivity index (χ0) is 17.6. The molecular formula is C17H20N6O2. The number of aromatic nitrogens is 4. The van der Waals surface area contributed by atoms with E-state index in [0.717, 1.165) is 11.4 Å². The van der Waals surface area contributed by atoms with Crippen molar-refractivity contribution < 1.29 is 9.53 Å². The fraction of sp³-hybridized carbons (Fsp3) is 0.235. The smallest absolute Gasteiger partial charge is 0.323 e. The molecule has 0 saturated heterocycles. The lowest BCUT2D eigenvalue weighted by atomic mass is 10.3. The number of ether oxygens (including phenoxy) is 1. The van der Waals surface area contributed by atoms with Gasteiger partial charge in [-0.25, -0.2) is 4.79 Å². The van der Waals surface area contributed by atoms with Crippen molar-refractivity contribution in [2.75, 3.05) is 17.2 Å². The van der Waals surface area contributed by atoms with Crippen LogP contribution >= 0.6 is 0 Å². The fourth-order valence-electron chi connectivity index (χ4n) is 2.36. The SMILES string of the molecule is Cc1n[nH]c(C)c1NC(=O)Nc1cccc(OCCn2cccn2)c1. The van der Waals surface area contributed by atoms with Crippen LogP contribution in [-0.2, 0) is 6.54 Å². The van der Waals surface area contributed by atoms with Crippen LogP contribution in [0.3, 0.4) is 0 Å². The normalized spacial score (nSPS) is 10.5. The van der Waals surface area contributed by atoms with Crippen molar-refractivity contribution in [3.05, 3.63) is 54.1 Å². The molecule has 25 heavy (non-hydrogen) atoms. The average molecular weight is 340 g/mol. The van der Waals surface area contributed by atoms with E-state index in [1.807, 2.05) is 38.2 Å². The third-order valence-electron chi connectivity index (χ3n) is 3.61. The van der Waals surface area contributed by atoms with Gasteiger partial charge in [0.15, 0.2) is 0 Å². The van der Waals surface area contributed by atoms with Gasteiger partial charge in [-0.1, -0.05) is 6.07 Å². The first kappa shape index (κ1) is 16.6. The molecule has 0 spiro atoms. The molecular weight excluding hydrogens is 320 g/mol. The molecule has 0 aliphatic rings. The Morgan fingerprint density at radius 3 is 2.88 bits per heavy atom. The van der Waals surface area contributed by atoms with Crippen LogP contribution in [0.2, 0.25) is 0 Å². The van der Waals surface area contributed by atoms with Crippen molar-refractivity contribution in [3.63, 3.8) is 0 Å². The van der Waals surface area contributed by atoms with Gasteiger partial charge >= 0.3 is 6.03 Å². The zero-order valence-electron chi connectivity index (χ0n) is 14.1. The monoisotopic (exact) mass is 340 g/mol. The number of nitrogens with one attached hydrogen (secondary N) is 3. The third-order valence-corrected chi connectivity index (χ3v) is 3.61. The van der Waals surface area contributed by atoms with Gasteiger partial charge in [-0.2, -0.15) is 10.2 Å². The number of H-pyrrole nitrogens is 1. The Bertz CT molecular complexity index is 821. The van der Waals surface area contributed by atoms with E-state index in [0.29, 0.717) is 30.3 Å². The van der Waals surface area contributed by atoms with Gasteiger partial charge in [-0.15, -0.1) is 0 Å². The Kier molecular flexibility index (Phi) is 4.98. The summed E-state index contributed by atoms with van der Waals surface area (Å²) in [4.78, 5) is 12.1. The molecule has 2 heterocycles. The van der Waals surface area contributed by atoms with E-state index in [1.54, 1.807) is 23.0 Å². The van der Waals surface area contributed by atoms with E-state index in [2.05, 4.69) is 25.9 Å². The van der Waals surface area contributed by atoms with Crippen molar-refractivity contribution in [1.29, 1.82) is 0 Å². The van der Waals surface area contributed by atoms with E-state index >= 15 is 0 Å². The number of anilines is 2. The summed E-state index contributed by atoms with van der Waals surface area (Å²) in [5.74, 6) is 0.681. The molecule has 3 rings (SSSR count). The topological polar surface area (TPSA) is 96.9 Å². The maximum atomic E-state index is 12.1. The Balaban J connectivity index is 1.54. The van der Waals surface area contributed by atoms with Gasteiger partial charge in [0.05, 0.1) is 23.6 Å². The second-order valence-corrected chi connectivity index (χ2v) is 5.53. The van der Waals surface area contributed by atoms with Crippen LogP contribution in [0.1, 0.15) is 11.4 Å². The van der Waals surface area contributed by atoms with Gasteiger partial charge < -0.3 is 15.4 Å². The van der Waals surface area contributed by atoms with Crippen LogP contribution in [0, 0.1) is 13.8 Å². The summed E-state index contributed by atoms with van der Waals surface area (Å²) in [5, 5.41) is 16.6. The predicted molar refractivity (Wildman–Crippen MR) is 94.9 cm³/mol. The average Bonchev–Trinajstić information content (AvgIpc) is 3.21. The molecule has 2 amide bonds. The minimum atomic E-state index is -0.332. The molecule has 0 fully saturated rings. The minimum Gasteiger partial charge on any atom is -0.492 e. The molecule has 0 saturated carbocycles. The van der Waals surface area contributed by atoms with E-state index in [1.165, 1.54) is 0 Å². The Hall–Kier alpha value is -3.29. The van der Waals surface area contributed by atoms with Crippen molar-refractivity contribution in [1.82, 2.24) is 20.0 Å². The number of hydrogen-bond acceptors (Lipinski definition) is 4. The third kappa shape index (κ3) is 4.37. The number of aromatic amines is 1. The van der Waals surface area contributed by atoms with E-state index < -0.39 is 0 Å². The molecule has 0 radical (unpaired) electrons. The van der Waals surface area contributed by atoms with Crippen LogP contribution in [0.4, 0.5) is 16.2 Å². The van der Waals surface area contributed by atoms with Crippen LogP contribution in [0.15, 0.2) is 42.7 Å². The highest BCUT2D eigenvalue weighted by Gasteiger charge is 2.10. The summed E-state index contributed by atoms with van der Waals surface area (Å²) in [7, 11) is 0. The lowest BCUT2D eigenvalue weighted by Crippen LogP contribution is -2.20. The maximum Gasteiger partial charge on any atom is 0.323 e. The van der Waals surface area contributed by atoms with Crippen molar-refractivity contribution in [2.24, 2.45) is 0 Å². The van der Waals surface area contributed by atoms with E-state index in [4.69, 9.17) is 4.74 Å². The standard InChI is InChI=1S/C17H20N6O2/c1-12-16(13(2)22-21-12)20-17(24)19-14-5-3-6-15(11-14)25-10-9-23-8-4-7-18-23/h3-8,11H,9-10H2,1-2H3,(H,21,22)(H2,19,20,24). The summed E-state index contributed by atoms with van der Waals surface area (Å²) in [6.07, 6.45) is 3.61. The van der Waals surface area contributed by atoms with Gasteiger partial charge in [0.25, 0.3) is 0 Å². The van der Waals surface area contributed by atoms with Gasteiger partial charge in [0.2, 0.25) is 0 Å². The number of urea groups is 1. The molecule has 0 unspecified atom stereocenters. The molecule has 0 aliphatic heterocycles. The number of benzene rings is 1. The number of hydrogen-bond donors (Lipinski definition) is 3. The lowest BCUT2D eigenvalue weighted by Gasteiger charge is -2.10. The summed E-state index contributed by atoms with van der Waals surface area (Å²) >= 11 is 0. The van der Waals surface area contributed by atoms with Gasteiger partial charge in [-0.3, -0.25) is 9.78 Å². The number of amides is 2. The maximum absolute atomic E-state index is 12.1. The van der Waals surface area contributed by atoms with Gasteiger partial charge in [-0.05, 0) is 32.0 Å². The van der Waals surface area contributed by atoms with Gasteiger partial charge in [0, 0.05) is 24.1 Å². The summed E-state index contributed by atoms with van der Waals surface area (Å²) in [5.41, 5.74) is 2.88. The molecule has 3 N–H and O–H groups in total. The second kappa shape index (κ2) is 7.52. The summed E-state index contributed by atoms with van der Waals surface area (Å²) in [6.45, 7) is 4.83. The van der Waals surface area contributed by atoms with Crippen LogP contribution < -0.4 is 15.4 Å². The van der Waals surface area contributed by atoms with Crippen molar-refractivity contribution in [2.45, 2.75) is 20.4 Å². The largest absolute Gasteiger partial charge is 0.492 e. The highest BCUT2D eigenvalue weighted by Crippen LogP contribution is 2.19. The van der Waals surface area contributed by atoms with Gasteiger partial charge in [0.1, 0.15) is 12.4 Å². The highest BCUT2D eigenvalue weighted by atomic mass is 16.5. The molecule has 3 aromatic rings. The summed E-state index contributed by atoms with van der Waals surface area (Å²) in [6, 6.07) is 8.78. The van der Waals surface area contributed by atoms with E-state index in [-0.39, 0.29) is 6.03 Å². The number of carbonyl (C=O) groups excluding carboxylic acids is 1. The zero-order valence-corrected chi connectivity index (χ0v) is 14.1. The quantitative estimate of drug-likeness (QED) is 0.643. The molecule has 0 bridgehead atoms. The highest BCUT2D eigenvalue weighted by molar-refractivity contribution is 6.00. The van der Waals surface area contributed by atoms with Crippen molar-refractivity contribution in [3.8, 4) is 5.75 Å². The van der Waals surface area contributed by atoms with Crippen molar-refractivity contribution >= 4 is 17.4 Å². The number of nitrogens with zero attached hydrogens (tertiary/aromatic N) is 3. The Labute approximate surface area is 145 Å². The summed E-state index contributed by atoms with van der Waals surface area (Å²) < 4.78 is 7.49. The number of rotatable bonds is 6. The predicted octanol–water partition coefficient (Wildman–Crippen LogP) is 2.95. The molecule has 2 aromatic heterocycles. The minimum absolute atomic E-state index is 0.332. The Morgan fingerprint density at radius 2 is 2.16 bits per heavy atom. The molecule has 8 heteroatoms. The first-order valence-corrected chi connectivity index (χ1v) is 7.91. The fourth-order valence-corrected chi connectivity index (χ4v) is 2.36. The lowest BCUT2D eigenvalue weighted by molar-refractivity contribution is 0.262. The van der Waals surface area contributed by atoms with Crippen LogP contribution in [-0.4, -0.2) is 32.6 Å². The van der Waals surface area contributed by atoms with Crippen LogP contribution in [0.5, 0.6) is 5.75 Å². The Morgan fingerprint density at radius 1 is 1.28 bits per heavy atom. The molecule has 8 nitrogen and oxygen atoms in total. The molecule has 0 atom stereocenters. The van der Waals surface area contributed by atoms with E-state index in [9.17, 15) is 4.79 Å².